The summed E-state index contributed by atoms with van der Waals surface area (Å²) >= 11 is 5.85. The van der Waals surface area contributed by atoms with Gasteiger partial charge in [-0.2, -0.15) is 0 Å². The maximum atomic E-state index is 12.9. The van der Waals surface area contributed by atoms with Gasteiger partial charge in [0.1, 0.15) is 5.82 Å². The predicted molar refractivity (Wildman–Crippen MR) is 122 cm³/mol. The minimum absolute atomic E-state index is 0.0716. The number of nitrogens with zero attached hydrogens (tertiary/aromatic N) is 1. The molecule has 7 nitrogen and oxygen atoms in total. The third-order valence-corrected chi connectivity index (χ3v) is 6.56. The van der Waals surface area contributed by atoms with E-state index in [9.17, 15) is 13.2 Å². The Hall–Kier alpha value is -3.10. The van der Waals surface area contributed by atoms with Crippen LogP contribution in [0, 0.1) is 6.92 Å². The molecule has 0 bridgehead atoms. The van der Waals surface area contributed by atoms with Gasteiger partial charge >= 0.3 is 0 Å². The van der Waals surface area contributed by atoms with Crippen molar-refractivity contribution in [3.8, 4) is 0 Å². The Morgan fingerprint density at radius 2 is 1.74 bits per heavy atom. The van der Waals surface area contributed by atoms with Gasteiger partial charge in [0.2, 0.25) is 0 Å². The van der Waals surface area contributed by atoms with Gasteiger partial charge in [0.25, 0.3) is 15.9 Å². The lowest BCUT2D eigenvalue weighted by atomic mass is 10.2. The second-order valence-corrected chi connectivity index (χ2v) is 9.48. The van der Waals surface area contributed by atoms with Crippen LogP contribution >= 0.6 is 11.6 Å². The fraction of sp³-hybridized carbons (Fsp3) is 0.182. The molecule has 1 amide bonds. The van der Waals surface area contributed by atoms with Crippen LogP contribution in [0.5, 0.6) is 0 Å². The highest BCUT2D eigenvalue weighted by Crippen LogP contribution is 2.25. The summed E-state index contributed by atoms with van der Waals surface area (Å²) in [6.07, 6.45) is 3.76. The Kier molecular flexibility index (Phi) is 5.84. The SMILES string of the molecule is Cc1ccc(NC(=O)c2ccc(NC3CC3)nc2)cc1S(=O)(=O)Nc1ccc(Cl)cc1. The highest BCUT2D eigenvalue weighted by molar-refractivity contribution is 7.92. The molecule has 3 N–H and O–H groups in total. The lowest BCUT2D eigenvalue weighted by Gasteiger charge is -2.13. The molecule has 4 rings (SSSR count). The van der Waals surface area contributed by atoms with Crippen LogP contribution in [0.2, 0.25) is 5.02 Å². The van der Waals surface area contributed by atoms with Gasteiger partial charge in [0.05, 0.1) is 10.5 Å². The molecule has 1 heterocycles. The first-order chi connectivity index (χ1) is 14.8. The molecule has 2 aromatic carbocycles. The van der Waals surface area contributed by atoms with Crippen molar-refractivity contribution in [2.75, 3.05) is 15.4 Å². The number of rotatable bonds is 7. The van der Waals surface area contributed by atoms with Crippen LogP contribution in [0.1, 0.15) is 28.8 Å². The summed E-state index contributed by atoms with van der Waals surface area (Å²) in [5.74, 6) is 0.361. The minimum Gasteiger partial charge on any atom is -0.367 e. The Morgan fingerprint density at radius 1 is 1.03 bits per heavy atom. The van der Waals surface area contributed by atoms with E-state index in [4.69, 9.17) is 11.6 Å². The van der Waals surface area contributed by atoms with Crippen LogP contribution in [-0.4, -0.2) is 25.4 Å². The van der Waals surface area contributed by atoms with Gasteiger partial charge in [-0.3, -0.25) is 9.52 Å². The summed E-state index contributed by atoms with van der Waals surface area (Å²) in [7, 11) is -3.86. The number of nitrogens with one attached hydrogen (secondary N) is 3. The van der Waals surface area contributed by atoms with Gasteiger partial charge in [-0.05, 0) is 73.9 Å². The summed E-state index contributed by atoms with van der Waals surface area (Å²) < 4.78 is 28.3. The Morgan fingerprint density at radius 3 is 2.39 bits per heavy atom. The third-order valence-electron chi connectivity index (χ3n) is 4.79. The number of benzene rings is 2. The van der Waals surface area contributed by atoms with E-state index in [2.05, 4.69) is 20.3 Å². The fourth-order valence-corrected chi connectivity index (χ4v) is 4.41. The molecule has 3 aromatic rings. The topological polar surface area (TPSA) is 100 Å². The summed E-state index contributed by atoms with van der Waals surface area (Å²) in [6, 6.07) is 15.0. The van der Waals surface area contributed by atoms with Crippen LogP contribution in [-0.2, 0) is 10.0 Å². The molecule has 0 saturated heterocycles. The van der Waals surface area contributed by atoms with E-state index >= 15 is 0 Å². The second kappa shape index (κ2) is 8.56. The van der Waals surface area contributed by atoms with Crippen molar-refractivity contribution in [1.29, 1.82) is 0 Å². The van der Waals surface area contributed by atoms with E-state index in [0.717, 1.165) is 18.7 Å². The number of anilines is 3. The van der Waals surface area contributed by atoms with Gasteiger partial charge < -0.3 is 10.6 Å². The molecule has 1 saturated carbocycles. The van der Waals surface area contributed by atoms with Crippen molar-refractivity contribution < 1.29 is 13.2 Å². The van der Waals surface area contributed by atoms with E-state index in [-0.39, 0.29) is 10.8 Å². The molecular formula is C22H21ClN4O3S. The van der Waals surface area contributed by atoms with Crippen LogP contribution in [0.3, 0.4) is 0 Å². The molecule has 0 atom stereocenters. The number of aromatic nitrogens is 1. The highest BCUT2D eigenvalue weighted by atomic mass is 35.5. The minimum atomic E-state index is -3.86. The molecule has 31 heavy (non-hydrogen) atoms. The number of hydrogen-bond acceptors (Lipinski definition) is 5. The summed E-state index contributed by atoms with van der Waals surface area (Å²) in [5.41, 5.74) is 1.69. The molecule has 1 aliphatic rings. The molecule has 9 heteroatoms. The molecule has 1 aliphatic carbocycles. The lowest BCUT2D eigenvalue weighted by Crippen LogP contribution is -2.16. The average molecular weight is 457 g/mol. The van der Waals surface area contributed by atoms with Crippen molar-refractivity contribution in [2.24, 2.45) is 0 Å². The monoisotopic (exact) mass is 456 g/mol. The first-order valence-corrected chi connectivity index (χ1v) is 11.6. The normalized spacial score (nSPS) is 13.5. The predicted octanol–water partition coefficient (Wildman–Crippen LogP) is 4.67. The van der Waals surface area contributed by atoms with E-state index in [0.29, 0.717) is 33.6 Å². The number of aryl methyl sites for hydroxylation is 1. The van der Waals surface area contributed by atoms with Crippen LogP contribution in [0.15, 0.2) is 65.7 Å². The molecule has 0 unspecified atom stereocenters. The van der Waals surface area contributed by atoms with Gasteiger partial charge in [-0.15, -0.1) is 0 Å². The zero-order valence-electron chi connectivity index (χ0n) is 16.7. The number of carbonyl (C=O) groups excluding carboxylic acids is 1. The molecule has 0 spiro atoms. The number of pyridine rings is 1. The maximum absolute atomic E-state index is 12.9. The molecule has 1 fully saturated rings. The lowest BCUT2D eigenvalue weighted by molar-refractivity contribution is 0.102. The van der Waals surface area contributed by atoms with Crippen LogP contribution in [0.4, 0.5) is 17.2 Å². The zero-order valence-corrected chi connectivity index (χ0v) is 18.3. The Bertz CT molecular complexity index is 1210. The second-order valence-electron chi connectivity index (χ2n) is 7.40. The molecule has 0 aliphatic heterocycles. The first-order valence-electron chi connectivity index (χ1n) is 9.73. The summed E-state index contributed by atoms with van der Waals surface area (Å²) in [4.78, 5) is 16.9. The van der Waals surface area contributed by atoms with Crippen molar-refractivity contribution in [3.05, 3.63) is 76.9 Å². The first kappa shape index (κ1) is 21.1. The van der Waals surface area contributed by atoms with Crippen molar-refractivity contribution in [1.82, 2.24) is 4.98 Å². The molecular weight excluding hydrogens is 436 g/mol. The maximum Gasteiger partial charge on any atom is 0.262 e. The largest absolute Gasteiger partial charge is 0.367 e. The third kappa shape index (κ3) is 5.34. The number of hydrogen-bond donors (Lipinski definition) is 3. The standard InChI is InChI=1S/C22H21ClN4O3S/c1-14-2-6-19(12-20(14)31(29,30)27-18-7-4-16(23)5-8-18)26-22(28)15-3-11-21(24-13-15)25-17-9-10-17/h2-8,11-13,17,27H,9-10H2,1H3,(H,24,25)(H,26,28). The smallest absolute Gasteiger partial charge is 0.262 e. The zero-order chi connectivity index (χ0) is 22.0. The van der Waals surface area contributed by atoms with Gasteiger partial charge in [0, 0.05) is 28.6 Å². The molecule has 160 valence electrons. The van der Waals surface area contributed by atoms with E-state index in [1.807, 2.05) is 0 Å². The average Bonchev–Trinajstić information content (AvgIpc) is 3.55. The summed E-state index contributed by atoms with van der Waals surface area (Å²) in [6.45, 7) is 1.69. The molecule has 1 aromatic heterocycles. The Labute approximate surface area is 185 Å². The van der Waals surface area contributed by atoms with Crippen molar-refractivity contribution in [2.45, 2.75) is 30.7 Å². The van der Waals surface area contributed by atoms with Crippen LogP contribution in [0.25, 0.3) is 0 Å². The van der Waals surface area contributed by atoms with Gasteiger partial charge in [-0.1, -0.05) is 17.7 Å². The quantitative estimate of drug-likeness (QED) is 0.479. The van der Waals surface area contributed by atoms with Gasteiger partial charge in [0.15, 0.2) is 0 Å². The van der Waals surface area contributed by atoms with Crippen molar-refractivity contribution in [3.63, 3.8) is 0 Å². The van der Waals surface area contributed by atoms with E-state index in [1.54, 1.807) is 55.5 Å². The Balaban J connectivity index is 1.50. The summed E-state index contributed by atoms with van der Waals surface area (Å²) in [5, 5.41) is 6.50. The number of carbonyl (C=O) groups is 1. The van der Waals surface area contributed by atoms with E-state index in [1.165, 1.54) is 12.3 Å². The molecule has 0 radical (unpaired) electrons. The van der Waals surface area contributed by atoms with E-state index < -0.39 is 10.0 Å². The number of halogens is 1. The fourth-order valence-electron chi connectivity index (χ4n) is 2.95. The van der Waals surface area contributed by atoms with Crippen LogP contribution < -0.4 is 15.4 Å². The highest BCUT2D eigenvalue weighted by Gasteiger charge is 2.21. The number of amides is 1. The number of sulfonamides is 1. The van der Waals surface area contributed by atoms with Crippen molar-refractivity contribution >= 4 is 44.7 Å². The van der Waals surface area contributed by atoms with Gasteiger partial charge in [-0.25, -0.2) is 13.4 Å².